The topological polar surface area (TPSA) is 49.4 Å². The van der Waals surface area contributed by atoms with Gasteiger partial charge in [0.1, 0.15) is 11.6 Å². The lowest BCUT2D eigenvalue weighted by Gasteiger charge is -2.21. The van der Waals surface area contributed by atoms with Gasteiger partial charge in [0.2, 0.25) is 0 Å². The Bertz CT molecular complexity index is 853. The predicted molar refractivity (Wildman–Crippen MR) is 98.7 cm³/mol. The first kappa shape index (κ1) is 19.0. The van der Waals surface area contributed by atoms with Crippen molar-refractivity contribution in [1.29, 1.82) is 0 Å². The second-order valence-electron chi connectivity index (χ2n) is 6.60. The second-order valence-corrected chi connectivity index (χ2v) is 6.60. The highest BCUT2D eigenvalue weighted by molar-refractivity contribution is 6.07. The minimum absolute atomic E-state index is 0.214. The van der Waals surface area contributed by atoms with Gasteiger partial charge in [-0.05, 0) is 49.9 Å². The van der Waals surface area contributed by atoms with Crippen molar-refractivity contribution in [3.05, 3.63) is 70.3 Å². The van der Waals surface area contributed by atoms with Crippen LogP contribution in [0.5, 0.6) is 0 Å². The average molecular weight is 372 g/mol. The molecular formula is C21H22F2N2O2. The van der Waals surface area contributed by atoms with Crippen molar-refractivity contribution in [3.8, 4) is 0 Å². The number of nitrogens with one attached hydrogen (secondary N) is 1. The minimum atomic E-state index is -0.903. The van der Waals surface area contributed by atoms with Crippen LogP contribution in [0.3, 0.4) is 0 Å². The molecule has 142 valence electrons. The molecule has 0 radical (unpaired) electrons. The van der Waals surface area contributed by atoms with Crippen LogP contribution in [0.2, 0.25) is 0 Å². The van der Waals surface area contributed by atoms with Gasteiger partial charge < -0.3 is 10.2 Å². The standard InChI is InChI=1S/C21H22F2N2O2/c1-3-25(4-2)21(27)19-17(23)10-9-16(22)18(19)20(26)24-15-11-13-7-5-6-8-14(13)12-15/h5-10,15H,3-4,11-12H2,1-2H3,(H,24,26). The third-order valence-corrected chi connectivity index (χ3v) is 4.98. The second kappa shape index (κ2) is 7.86. The maximum Gasteiger partial charge on any atom is 0.257 e. The van der Waals surface area contributed by atoms with Gasteiger partial charge in [0.05, 0.1) is 11.1 Å². The molecule has 6 heteroatoms. The zero-order valence-electron chi connectivity index (χ0n) is 15.4. The normalized spacial score (nSPS) is 13.3. The Morgan fingerprint density at radius 1 is 0.963 bits per heavy atom. The summed E-state index contributed by atoms with van der Waals surface area (Å²) in [5.74, 6) is -3.25. The van der Waals surface area contributed by atoms with Crippen LogP contribution in [-0.2, 0) is 12.8 Å². The molecule has 1 aliphatic rings. The number of hydrogen-bond acceptors (Lipinski definition) is 2. The highest BCUT2D eigenvalue weighted by Crippen LogP contribution is 2.24. The fraction of sp³-hybridized carbons (Fsp3) is 0.333. The minimum Gasteiger partial charge on any atom is -0.349 e. The van der Waals surface area contributed by atoms with E-state index in [1.54, 1.807) is 13.8 Å². The highest BCUT2D eigenvalue weighted by atomic mass is 19.1. The fourth-order valence-corrected chi connectivity index (χ4v) is 3.57. The molecule has 27 heavy (non-hydrogen) atoms. The average Bonchev–Trinajstić information content (AvgIpc) is 3.06. The number of hydrogen-bond donors (Lipinski definition) is 1. The molecule has 1 aliphatic carbocycles. The summed E-state index contributed by atoms with van der Waals surface area (Å²) < 4.78 is 28.9. The molecule has 0 atom stereocenters. The van der Waals surface area contributed by atoms with Crippen molar-refractivity contribution in [3.63, 3.8) is 0 Å². The Kier molecular flexibility index (Phi) is 5.54. The van der Waals surface area contributed by atoms with E-state index in [1.165, 1.54) is 4.90 Å². The van der Waals surface area contributed by atoms with Crippen LogP contribution in [0.1, 0.15) is 45.7 Å². The van der Waals surface area contributed by atoms with Gasteiger partial charge in [-0.2, -0.15) is 0 Å². The molecule has 0 bridgehead atoms. The lowest BCUT2D eigenvalue weighted by Crippen LogP contribution is -2.39. The molecule has 2 aromatic carbocycles. The molecule has 1 N–H and O–H groups in total. The van der Waals surface area contributed by atoms with Gasteiger partial charge in [-0.25, -0.2) is 8.78 Å². The first-order chi connectivity index (χ1) is 13.0. The van der Waals surface area contributed by atoms with Crippen molar-refractivity contribution < 1.29 is 18.4 Å². The quantitative estimate of drug-likeness (QED) is 0.875. The van der Waals surface area contributed by atoms with Crippen LogP contribution in [0.4, 0.5) is 8.78 Å². The van der Waals surface area contributed by atoms with E-state index in [0.29, 0.717) is 25.9 Å². The van der Waals surface area contributed by atoms with Crippen molar-refractivity contribution >= 4 is 11.8 Å². The van der Waals surface area contributed by atoms with E-state index in [0.717, 1.165) is 23.3 Å². The molecule has 4 nitrogen and oxygen atoms in total. The third kappa shape index (κ3) is 3.70. The number of carbonyl (C=O) groups excluding carboxylic acids is 2. The zero-order valence-corrected chi connectivity index (χ0v) is 15.4. The van der Waals surface area contributed by atoms with Gasteiger partial charge in [0.15, 0.2) is 0 Å². The van der Waals surface area contributed by atoms with Gasteiger partial charge in [0.25, 0.3) is 11.8 Å². The number of amides is 2. The lowest BCUT2D eigenvalue weighted by molar-refractivity contribution is 0.0758. The zero-order chi connectivity index (χ0) is 19.6. The van der Waals surface area contributed by atoms with E-state index in [-0.39, 0.29) is 6.04 Å². The summed E-state index contributed by atoms with van der Waals surface area (Å²) in [6, 6.07) is 9.38. The summed E-state index contributed by atoms with van der Waals surface area (Å²) in [6.07, 6.45) is 1.25. The van der Waals surface area contributed by atoms with Gasteiger partial charge in [-0.1, -0.05) is 24.3 Å². The summed E-state index contributed by atoms with van der Waals surface area (Å²) in [6.45, 7) is 4.16. The molecule has 0 saturated carbocycles. The Morgan fingerprint density at radius 2 is 1.48 bits per heavy atom. The first-order valence-corrected chi connectivity index (χ1v) is 9.11. The number of nitrogens with zero attached hydrogens (tertiary/aromatic N) is 1. The van der Waals surface area contributed by atoms with Crippen LogP contribution >= 0.6 is 0 Å². The van der Waals surface area contributed by atoms with Crippen LogP contribution in [0.25, 0.3) is 0 Å². The molecule has 0 unspecified atom stereocenters. The van der Waals surface area contributed by atoms with Gasteiger partial charge >= 0.3 is 0 Å². The first-order valence-electron chi connectivity index (χ1n) is 9.11. The van der Waals surface area contributed by atoms with Crippen molar-refractivity contribution in [2.45, 2.75) is 32.7 Å². The van der Waals surface area contributed by atoms with Crippen LogP contribution in [-0.4, -0.2) is 35.8 Å². The number of halogens is 2. The number of rotatable bonds is 5. The third-order valence-electron chi connectivity index (χ3n) is 4.98. The summed E-state index contributed by atoms with van der Waals surface area (Å²) >= 11 is 0. The number of fused-ring (bicyclic) bond motifs is 1. The molecule has 0 heterocycles. The molecule has 0 fully saturated rings. The van der Waals surface area contributed by atoms with Crippen LogP contribution in [0.15, 0.2) is 36.4 Å². The van der Waals surface area contributed by atoms with E-state index < -0.39 is 34.6 Å². The van der Waals surface area contributed by atoms with Crippen molar-refractivity contribution in [2.75, 3.05) is 13.1 Å². The van der Waals surface area contributed by atoms with Crippen LogP contribution in [0, 0.1) is 11.6 Å². The van der Waals surface area contributed by atoms with E-state index in [4.69, 9.17) is 0 Å². The summed E-state index contributed by atoms with van der Waals surface area (Å²) in [5, 5.41) is 2.76. The maximum absolute atomic E-state index is 14.5. The number of benzene rings is 2. The van der Waals surface area contributed by atoms with E-state index in [2.05, 4.69) is 5.32 Å². The molecular weight excluding hydrogens is 350 g/mol. The number of carbonyl (C=O) groups is 2. The van der Waals surface area contributed by atoms with Crippen molar-refractivity contribution in [1.82, 2.24) is 10.2 Å². The van der Waals surface area contributed by atoms with Crippen LogP contribution < -0.4 is 5.32 Å². The largest absolute Gasteiger partial charge is 0.349 e. The van der Waals surface area contributed by atoms with E-state index in [1.807, 2.05) is 24.3 Å². The van der Waals surface area contributed by atoms with Gasteiger partial charge in [-0.3, -0.25) is 9.59 Å². The molecule has 0 aliphatic heterocycles. The highest BCUT2D eigenvalue weighted by Gasteiger charge is 2.30. The molecule has 3 rings (SSSR count). The van der Waals surface area contributed by atoms with Gasteiger partial charge in [-0.15, -0.1) is 0 Å². The summed E-state index contributed by atoms with van der Waals surface area (Å²) in [7, 11) is 0. The van der Waals surface area contributed by atoms with E-state index >= 15 is 0 Å². The molecule has 2 amide bonds. The summed E-state index contributed by atoms with van der Waals surface area (Å²) in [5.41, 5.74) is 1.22. The SMILES string of the molecule is CCN(CC)C(=O)c1c(F)ccc(F)c1C(=O)NC1Cc2ccccc2C1. The van der Waals surface area contributed by atoms with Crippen molar-refractivity contribution in [2.24, 2.45) is 0 Å². The Labute approximate surface area is 157 Å². The molecule has 0 spiro atoms. The predicted octanol–water partition coefficient (Wildman–Crippen LogP) is 3.34. The fourth-order valence-electron chi connectivity index (χ4n) is 3.57. The Morgan fingerprint density at radius 3 is 2.00 bits per heavy atom. The molecule has 0 aromatic heterocycles. The summed E-state index contributed by atoms with van der Waals surface area (Å²) in [4.78, 5) is 26.8. The molecule has 2 aromatic rings. The Balaban J connectivity index is 1.89. The lowest BCUT2D eigenvalue weighted by atomic mass is 10.0. The van der Waals surface area contributed by atoms with E-state index in [9.17, 15) is 18.4 Å². The smallest absolute Gasteiger partial charge is 0.257 e. The maximum atomic E-state index is 14.5. The Hall–Kier alpha value is -2.76. The molecule has 0 saturated heterocycles. The van der Waals surface area contributed by atoms with Gasteiger partial charge in [0, 0.05) is 19.1 Å². The monoisotopic (exact) mass is 372 g/mol.